The molecule has 0 bridgehead atoms. The summed E-state index contributed by atoms with van der Waals surface area (Å²) in [5.41, 5.74) is 0. The van der Waals surface area contributed by atoms with Crippen molar-refractivity contribution in [3.63, 3.8) is 0 Å². The van der Waals surface area contributed by atoms with Crippen LogP contribution in [0.2, 0.25) is 78.6 Å². The molecule has 0 saturated heterocycles. The van der Waals surface area contributed by atoms with Crippen LogP contribution in [0.1, 0.15) is 0 Å². The van der Waals surface area contributed by atoms with Crippen molar-refractivity contribution in [2.24, 2.45) is 0 Å². The maximum atomic E-state index is 4.82. The third-order valence-corrected chi connectivity index (χ3v) is 12.1. The summed E-state index contributed by atoms with van der Waals surface area (Å²) in [6, 6.07) is 0. The molecule has 2 nitrogen and oxygen atoms in total. The molecule has 0 amide bonds. The van der Waals surface area contributed by atoms with Gasteiger partial charge in [0.2, 0.25) is 0 Å². The zero-order valence-corrected chi connectivity index (χ0v) is 20.5. The molecule has 0 aromatic carbocycles. The molecule has 0 aromatic heterocycles. The molecule has 0 saturated carbocycles. The van der Waals surface area contributed by atoms with Crippen molar-refractivity contribution in [2.75, 3.05) is 0 Å². The first kappa shape index (κ1) is 25.3. The molecule has 7 heteroatoms. The van der Waals surface area contributed by atoms with Crippen molar-refractivity contribution in [2.45, 2.75) is 78.6 Å². The van der Waals surface area contributed by atoms with E-state index in [4.69, 9.17) is 9.30 Å². The van der Waals surface area contributed by atoms with Crippen LogP contribution < -0.4 is 0 Å². The molecule has 0 aliphatic carbocycles. The monoisotopic (exact) mass is 375 g/mol. The number of nitrogens with zero attached hydrogens (tertiary/aromatic N) is 2. The summed E-state index contributed by atoms with van der Waals surface area (Å²) in [7, 11) is -4.42. The van der Waals surface area contributed by atoms with E-state index in [0.29, 0.717) is 0 Å². The Balaban J connectivity index is -0.000000256. The summed E-state index contributed by atoms with van der Waals surface area (Å²) in [4.78, 5) is 0. The van der Waals surface area contributed by atoms with Gasteiger partial charge in [-0.1, -0.05) is 112 Å². The predicted molar refractivity (Wildman–Crippen MR) is 100 cm³/mol. The van der Waals surface area contributed by atoms with Gasteiger partial charge in [0.1, 0.15) is 0 Å². The van der Waals surface area contributed by atoms with Gasteiger partial charge in [0.25, 0.3) is 0 Å². The molecule has 0 rings (SSSR count). The molecule has 19 heavy (non-hydrogen) atoms. The Labute approximate surface area is 137 Å². The van der Waals surface area contributed by atoms with Crippen LogP contribution in [-0.4, -0.2) is 32.9 Å². The first-order chi connectivity index (χ1) is 7.41. The summed E-state index contributed by atoms with van der Waals surface area (Å²) < 4.78 is 9.64. The van der Waals surface area contributed by atoms with Gasteiger partial charge in [-0.2, -0.15) is 0 Å². The third-order valence-electron chi connectivity index (χ3n) is 1.34. The second kappa shape index (κ2) is 8.68. The molecule has 0 aliphatic heterocycles. The van der Waals surface area contributed by atoms with Gasteiger partial charge in [-0.25, -0.2) is 0 Å². The smallest absolute Gasteiger partial charge is 0.668 e. The Hall–Kier alpha value is 1.31. The average Bonchev–Trinajstić information content (AvgIpc) is 1.64. The first-order valence-corrected chi connectivity index (χ1v) is 20.7. The molecule has 117 valence electrons. The Morgan fingerprint density at radius 2 is 0.474 bits per heavy atom. The van der Waals surface area contributed by atoms with Crippen molar-refractivity contribution in [1.29, 1.82) is 0 Å². The van der Waals surface area contributed by atoms with Gasteiger partial charge in [-0.3, -0.25) is 0 Å². The molecule has 0 fully saturated rings. The SMILES string of the molecule is C[Si](C)(C)[N-][Si](C)(C)C.C[Si](C)(C)[N-][Si](C)(C)C.[Mn+2]. The third kappa shape index (κ3) is 32.7. The van der Waals surface area contributed by atoms with Gasteiger partial charge < -0.3 is 9.30 Å². The molecular formula is C12H36MnN2Si4. The first-order valence-electron chi connectivity index (χ1n) is 6.89. The standard InChI is InChI=1S/2C6H18NSi2.Mn/c2*1-8(2,3)7-9(4,5)6;/h2*1-6H3;/q2*-1;+2. The topological polar surface area (TPSA) is 28.2 Å². The van der Waals surface area contributed by atoms with E-state index in [0.717, 1.165) is 0 Å². The fraction of sp³-hybridized carbons (Fsp3) is 1.00. The molecule has 1 radical (unpaired) electrons. The molecule has 0 aliphatic rings. The van der Waals surface area contributed by atoms with E-state index >= 15 is 0 Å². The molecule has 0 spiro atoms. The minimum Gasteiger partial charge on any atom is -0.668 e. The van der Waals surface area contributed by atoms with E-state index in [9.17, 15) is 0 Å². The van der Waals surface area contributed by atoms with Crippen molar-refractivity contribution in [1.82, 2.24) is 0 Å². The molecule has 0 atom stereocenters. The largest absolute Gasteiger partial charge is 2.00 e. The number of hydrogen-bond acceptors (Lipinski definition) is 0. The minimum atomic E-state index is -1.11. The quantitative estimate of drug-likeness (QED) is 0.534. The minimum absolute atomic E-state index is 0. The van der Waals surface area contributed by atoms with Crippen molar-refractivity contribution in [3.8, 4) is 0 Å². The normalized spacial score (nSPS) is 13.3. The van der Waals surface area contributed by atoms with Crippen molar-refractivity contribution >= 4 is 32.9 Å². The van der Waals surface area contributed by atoms with Crippen molar-refractivity contribution < 1.29 is 17.1 Å². The van der Waals surface area contributed by atoms with Crippen LogP contribution in [-0.2, 0) is 17.1 Å². The van der Waals surface area contributed by atoms with Crippen LogP contribution in [0.25, 0.3) is 9.30 Å². The molecule has 0 heterocycles. The number of rotatable bonds is 4. The second-order valence-electron chi connectivity index (χ2n) is 8.91. The van der Waals surface area contributed by atoms with E-state index in [1.807, 2.05) is 0 Å². The van der Waals surface area contributed by atoms with Gasteiger partial charge in [0.05, 0.1) is 0 Å². The van der Waals surface area contributed by atoms with Crippen LogP contribution in [0.3, 0.4) is 0 Å². The maximum absolute atomic E-state index is 4.82. The van der Waals surface area contributed by atoms with Gasteiger partial charge in [-0.15, -0.1) is 0 Å². The van der Waals surface area contributed by atoms with Crippen LogP contribution in [0, 0.1) is 0 Å². The molecule has 0 aromatic rings. The fourth-order valence-corrected chi connectivity index (χ4v) is 18.1. The van der Waals surface area contributed by atoms with Gasteiger partial charge in [0.15, 0.2) is 0 Å². The predicted octanol–water partition coefficient (Wildman–Crippen LogP) is 6.06. The second-order valence-corrected chi connectivity index (χ2v) is 28.1. The van der Waals surface area contributed by atoms with Crippen LogP contribution in [0.5, 0.6) is 0 Å². The van der Waals surface area contributed by atoms with E-state index < -0.39 is 32.9 Å². The van der Waals surface area contributed by atoms with Gasteiger partial charge in [-0.05, 0) is 0 Å². The summed E-state index contributed by atoms with van der Waals surface area (Å²) >= 11 is 0. The van der Waals surface area contributed by atoms with Crippen LogP contribution in [0.15, 0.2) is 0 Å². The average molecular weight is 376 g/mol. The van der Waals surface area contributed by atoms with Crippen LogP contribution in [0.4, 0.5) is 0 Å². The zero-order chi connectivity index (χ0) is 15.4. The Morgan fingerprint density at radius 3 is 0.474 bits per heavy atom. The molecule has 0 unspecified atom stereocenters. The number of hydrogen-bond donors (Lipinski definition) is 0. The maximum Gasteiger partial charge on any atom is 2.00 e. The van der Waals surface area contributed by atoms with E-state index in [2.05, 4.69) is 78.6 Å². The summed E-state index contributed by atoms with van der Waals surface area (Å²) in [6.07, 6.45) is 0. The fourth-order valence-electron chi connectivity index (χ4n) is 2.01. The Morgan fingerprint density at radius 1 is 0.368 bits per heavy atom. The van der Waals surface area contributed by atoms with E-state index in [-0.39, 0.29) is 17.1 Å². The van der Waals surface area contributed by atoms with E-state index in [1.54, 1.807) is 0 Å². The molecule has 0 N–H and O–H groups in total. The van der Waals surface area contributed by atoms with Gasteiger partial charge in [0, 0.05) is 0 Å². The Bertz CT molecular complexity index is 184. The Kier molecular flexibility index (Phi) is 11.5. The zero-order valence-electron chi connectivity index (χ0n) is 15.3. The van der Waals surface area contributed by atoms with Crippen LogP contribution >= 0.6 is 0 Å². The summed E-state index contributed by atoms with van der Waals surface area (Å²) in [5, 5.41) is 0. The summed E-state index contributed by atoms with van der Waals surface area (Å²) in [5.74, 6) is 0. The van der Waals surface area contributed by atoms with Gasteiger partial charge >= 0.3 is 17.1 Å². The summed E-state index contributed by atoms with van der Waals surface area (Å²) in [6.45, 7) is 27.6. The van der Waals surface area contributed by atoms with Crippen molar-refractivity contribution in [3.05, 3.63) is 9.30 Å². The molecular weight excluding hydrogens is 339 g/mol. The van der Waals surface area contributed by atoms with E-state index in [1.165, 1.54) is 0 Å².